The van der Waals surface area contributed by atoms with E-state index in [1.807, 2.05) is 0 Å². The Morgan fingerprint density at radius 1 is 1.05 bits per heavy atom. The van der Waals surface area contributed by atoms with Crippen LogP contribution in [0.15, 0.2) is 34.8 Å². The molecule has 19 heavy (non-hydrogen) atoms. The fourth-order valence-electron chi connectivity index (χ4n) is 1.48. The van der Waals surface area contributed by atoms with Crippen LogP contribution in [0.5, 0.6) is 5.75 Å². The number of halogens is 4. The molecule has 0 aromatic heterocycles. The second-order valence-electron chi connectivity index (χ2n) is 3.84. The van der Waals surface area contributed by atoms with Gasteiger partial charge in [0.1, 0.15) is 18.2 Å². The molecule has 2 rings (SSSR count). The summed E-state index contributed by atoms with van der Waals surface area (Å²) < 4.78 is 44.9. The Labute approximate surface area is 116 Å². The Morgan fingerprint density at radius 3 is 2.42 bits per heavy atom. The molecule has 2 nitrogen and oxygen atoms in total. The van der Waals surface area contributed by atoms with Crippen molar-refractivity contribution in [1.29, 1.82) is 0 Å². The van der Waals surface area contributed by atoms with Gasteiger partial charge in [-0.2, -0.15) is 0 Å². The SMILES string of the molecule is Nc1ccc(COc2c(F)cc(F)cc2Br)cc1F. The fourth-order valence-corrected chi connectivity index (χ4v) is 2.01. The molecule has 0 aliphatic rings. The van der Waals surface area contributed by atoms with Gasteiger partial charge in [0.25, 0.3) is 0 Å². The zero-order valence-corrected chi connectivity index (χ0v) is 11.2. The second kappa shape index (κ2) is 5.52. The van der Waals surface area contributed by atoms with E-state index in [1.165, 1.54) is 12.1 Å². The van der Waals surface area contributed by atoms with Crippen molar-refractivity contribution >= 4 is 21.6 Å². The zero-order chi connectivity index (χ0) is 14.0. The molecule has 2 N–H and O–H groups in total. The first-order valence-electron chi connectivity index (χ1n) is 5.28. The van der Waals surface area contributed by atoms with Crippen molar-refractivity contribution in [3.8, 4) is 5.75 Å². The van der Waals surface area contributed by atoms with Crippen LogP contribution in [0.1, 0.15) is 5.56 Å². The van der Waals surface area contributed by atoms with Crippen LogP contribution < -0.4 is 10.5 Å². The first-order valence-corrected chi connectivity index (χ1v) is 6.08. The summed E-state index contributed by atoms with van der Waals surface area (Å²) in [4.78, 5) is 0. The lowest BCUT2D eigenvalue weighted by Crippen LogP contribution is -2.00. The summed E-state index contributed by atoms with van der Waals surface area (Å²) in [6.45, 7) is -0.0572. The third-order valence-electron chi connectivity index (χ3n) is 2.41. The van der Waals surface area contributed by atoms with Gasteiger partial charge in [-0.1, -0.05) is 6.07 Å². The van der Waals surface area contributed by atoms with E-state index in [4.69, 9.17) is 10.5 Å². The monoisotopic (exact) mass is 331 g/mol. The molecule has 0 bridgehead atoms. The van der Waals surface area contributed by atoms with E-state index in [9.17, 15) is 13.2 Å². The minimum Gasteiger partial charge on any atom is -0.485 e. The Balaban J connectivity index is 2.16. The van der Waals surface area contributed by atoms with Crippen molar-refractivity contribution in [3.63, 3.8) is 0 Å². The predicted molar refractivity (Wildman–Crippen MR) is 69.2 cm³/mol. The third-order valence-corrected chi connectivity index (χ3v) is 3.00. The molecule has 0 fully saturated rings. The number of benzene rings is 2. The molecule has 0 radical (unpaired) electrons. The minimum absolute atomic E-state index is 0.0258. The number of nitrogen functional groups attached to an aromatic ring is 1. The summed E-state index contributed by atoms with van der Waals surface area (Å²) in [5, 5.41) is 0. The summed E-state index contributed by atoms with van der Waals surface area (Å²) in [5.74, 6) is -2.24. The van der Waals surface area contributed by atoms with Crippen LogP contribution in [-0.4, -0.2) is 0 Å². The standard InChI is InChI=1S/C13H9BrF3NO/c14-9-4-8(15)5-11(17)13(9)19-6-7-1-2-12(18)10(16)3-7/h1-5H,6,18H2. The number of nitrogens with two attached hydrogens (primary N) is 1. The summed E-state index contributed by atoms with van der Waals surface area (Å²) in [7, 11) is 0. The maximum Gasteiger partial charge on any atom is 0.169 e. The molecule has 100 valence electrons. The lowest BCUT2D eigenvalue weighted by molar-refractivity contribution is 0.286. The largest absolute Gasteiger partial charge is 0.485 e. The van der Waals surface area contributed by atoms with Crippen LogP contribution in [-0.2, 0) is 6.61 Å². The number of rotatable bonds is 3. The normalized spacial score (nSPS) is 10.5. The maximum atomic E-state index is 13.5. The first-order chi connectivity index (χ1) is 8.97. The van der Waals surface area contributed by atoms with Gasteiger partial charge in [-0.25, -0.2) is 13.2 Å². The van der Waals surface area contributed by atoms with E-state index >= 15 is 0 Å². The molecule has 0 saturated carbocycles. The van der Waals surface area contributed by atoms with Gasteiger partial charge >= 0.3 is 0 Å². The first kappa shape index (κ1) is 13.7. The van der Waals surface area contributed by atoms with Crippen LogP contribution in [0.3, 0.4) is 0 Å². The maximum absolute atomic E-state index is 13.5. The van der Waals surface area contributed by atoms with Crippen molar-refractivity contribution in [2.45, 2.75) is 6.61 Å². The van der Waals surface area contributed by atoms with Gasteiger partial charge in [0.2, 0.25) is 0 Å². The molecule has 0 saturated heterocycles. The molecule has 2 aromatic rings. The highest BCUT2D eigenvalue weighted by Gasteiger charge is 2.11. The van der Waals surface area contributed by atoms with Gasteiger partial charge in [-0.15, -0.1) is 0 Å². The number of hydrogen-bond acceptors (Lipinski definition) is 2. The summed E-state index contributed by atoms with van der Waals surface area (Å²) >= 11 is 3.00. The van der Waals surface area contributed by atoms with Crippen molar-refractivity contribution < 1.29 is 17.9 Å². The summed E-state index contributed by atoms with van der Waals surface area (Å²) in [6.07, 6.45) is 0. The fraction of sp³-hybridized carbons (Fsp3) is 0.0769. The number of anilines is 1. The van der Waals surface area contributed by atoms with Crippen LogP contribution in [0.4, 0.5) is 18.9 Å². The Morgan fingerprint density at radius 2 is 1.79 bits per heavy atom. The average molecular weight is 332 g/mol. The van der Waals surface area contributed by atoms with Crippen molar-refractivity contribution in [2.24, 2.45) is 0 Å². The van der Waals surface area contributed by atoms with Crippen molar-refractivity contribution in [2.75, 3.05) is 5.73 Å². The number of ether oxygens (including phenoxy) is 1. The Bertz CT molecular complexity index is 596. The van der Waals surface area contributed by atoms with Gasteiger partial charge in [-0.3, -0.25) is 0 Å². The van der Waals surface area contributed by atoms with Crippen LogP contribution in [0.2, 0.25) is 0 Å². The Hall–Kier alpha value is -1.69. The van der Waals surface area contributed by atoms with Gasteiger partial charge in [0, 0.05) is 6.07 Å². The van der Waals surface area contributed by atoms with E-state index in [1.54, 1.807) is 6.07 Å². The molecule has 0 heterocycles. The van der Waals surface area contributed by atoms with Crippen LogP contribution in [0.25, 0.3) is 0 Å². The number of hydrogen-bond donors (Lipinski definition) is 1. The molecule has 6 heteroatoms. The highest BCUT2D eigenvalue weighted by Crippen LogP contribution is 2.30. The quantitative estimate of drug-likeness (QED) is 0.862. The third kappa shape index (κ3) is 3.20. The average Bonchev–Trinajstić information content (AvgIpc) is 2.32. The van der Waals surface area contributed by atoms with E-state index in [0.29, 0.717) is 11.6 Å². The van der Waals surface area contributed by atoms with Gasteiger partial charge in [0.15, 0.2) is 11.6 Å². The summed E-state index contributed by atoms with van der Waals surface area (Å²) in [5.41, 5.74) is 5.85. The van der Waals surface area contributed by atoms with E-state index in [2.05, 4.69) is 15.9 Å². The van der Waals surface area contributed by atoms with Gasteiger partial charge in [0.05, 0.1) is 10.2 Å². The molecular weight excluding hydrogens is 323 g/mol. The van der Waals surface area contributed by atoms with Crippen LogP contribution >= 0.6 is 15.9 Å². The lowest BCUT2D eigenvalue weighted by atomic mass is 10.2. The smallest absolute Gasteiger partial charge is 0.169 e. The second-order valence-corrected chi connectivity index (χ2v) is 4.70. The molecule has 0 spiro atoms. The molecule has 2 aromatic carbocycles. The van der Waals surface area contributed by atoms with Gasteiger partial charge in [-0.05, 0) is 39.7 Å². The Kier molecular flexibility index (Phi) is 3.99. The molecular formula is C13H9BrF3NO. The van der Waals surface area contributed by atoms with Gasteiger partial charge < -0.3 is 10.5 Å². The predicted octanol–water partition coefficient (Wildman–Crippen LogP) is 4.03. The van der Waals surface area contributed by atoms with Crippen molar-refractivity contribution in [3.05, 3.63) is 57.8 Å². The van der Waals surface area contributed by atoms with Crippen LogP contribution in [0, 0.1) is 17.5 Å². The molecule has 0 aliphatic carbocycles. The van der Waals surface area contributed by atoms with E-state index in [-0.39, 0.29) is 22.5 Å². The van der Waals surface area contributed by atoms with E-state index in [0.717, 1.165) is 6.07 Å². The molecule has 0 aliphatic heterocycles. The summed E-state index contributed by atoms with van der Waals surface area (Å²) in [6, 6.07) is 5.95. The molecule has 0 atom stereocenters. The zero-order valence-electron chi connectivity index (χ0n) is 9.59. The van der Waals surface area contributed by atoms with Crippen molar-refractivity contribution in [1.82, 2.24) is 0 Å². The minimum atomic E-state index is -0.831. The molecule has 0 amide bonds. The molecule has 0 unspecified atom stereocenters. The highest BCUT2D eigenvalue weighted by atomic mass is 79.9. The topological polar surface area (TPSA) is 35.2 Å². The van der Waals surface area contributed by atoms with E-state index < -0.39 is 17.5 Å². The lowest BCUT2D eigenvalue weighted by Gasteiger charge is -2.10. The highest BCUT2D eigenvalue weighted by molar-refractivity contribution is 9.10.